The van der Waals surface area contributed by atoms with Crippen molar-refractivity contribution in [2.75, 3.05) is 12.0 Å². The molecule has 1 aliphatic rings. The fourth-order valence-electron chi connectivity index (χ4n) is 4.33. The van der Waals surface area contributed by atoms with E-state index in [1.165, 1.54) is 24.1 Å². The summed E-state index contributed by atoms with van der Waals surface area (Å²) < 4.78 is 33.0. The fourth-order valence-corrected chi connectivity index (χ4v) is 4.52. The van der Waals surface area contributed by atoms with Gasteiger partial charge in [-0.1, -0.05) is 35.9 Å². The zero-order chi connectivity index (χ0) is 23.8. The quantitative estimate of drug-likeness (QED) is 0.322. The predicted octanol–water partition coefficient (Wildman–Crippen LogP) is 6.69. The summed E-state index contributed by atoms with van der Waals surface area (Å²) in [5, 5.41) is 0.600. The number of nitrogens with zero attached hydrogens (tertiary/aromatic N) is 2. The van der Waals surface area contributed by atoms with Crippen molar-refractivity contribution in [3.63, 3.8) is 0 Å². The minimum Gasteiger partial charge on any atom is -0.481 e. The van der Waals surface area contributed by atoms with Crippen molar-refractivity contribution in [2.45, 2.75) is 12.3 Å². The number of pyridine rings is 1. The molecule has 0 saturated carbocycles. The van der Waals surface area contributed by atoms with Gasteiger partial charge < -0.3 is 4.74 Å². The molecule has 1 aromatic heterocycles. The summed E-state index contributed by atoms with van der Waals surface area (Å²) in [6.45, 7) is 0. The van der Waals surface area contributed by atoms with E-state index in [0.29, 0.717) is 28.0 Å². The molecule has 4 nitrogen and oxygen atoms in total. The van der Waals surface area contributed by atoms with Crippen LogP contribution in [0.5, 0.6) is 5.88 Å². The Labute approximate surface area is 200 Å². The minimum absolute atomic E-state index is 0.139. The Morgan fingerprint density at radius 2 is 1.68 bits per heavy atom. The van der Waals surface area contributed by atoms with E-state index in [4.69, 9.17) is 16.3 Å². The van der Waals surface area contributed by atoms with E-state index in [1.807, 2.05) is 36.4 Å². The van der Waals surface area contributed by atoms with Gasteiger partial charge in [-0.3, -0.25) is 9.69 Å². The zero-order valence-corrected chi connectivity index (χ0v) is 18.9. The number of methoxy groups -OCH3 is 1. The van der Waals surface area contributed by atoms with Gasteiger partial charge in [-0.05, 0) is 71.1 Å². The average molecular weight is 477 g/mol. The first kappa shape index (κ1) is 22.0. The highest BCUT2D eigenvalue weighted by molar-refractivity contribution is 6.30. The molecule has 0 bridgehead atoms. The second kappa shape index (κ2) is 8.88. The summed E-state index contributed by atoms with van der Waals surface area (Å²) in [6.07, 6.45) is 0.139. The molecular formula is C27H19ClF2N2O2. The Kier molecular flexibility index (Phi) is 5.75. The zero-order valence-electron chi connectivity index (χ0n) is 18.1. The standard InChI is InChI=1S/C27H19ClF2N2O2/c1-34-26-7-3-6-25(31-26)32-24-9-8-18(17-4-2-5-19(28)13-17)14-22(24)23(27(32)33)12-16-10-20(29)15-21(30)11-16/h2-11,13-15,23H,12H2,1H3. The monoisotopic (exact) mass is 476 g/mol. The highest BCUT2D eigenvalue weighted by atomic mass is 35.5. The second-order valence-corrected chi connectivity index (χ2v) is 8.47. The Bertz CT molecular complexity index is 1390. The summed E-state index contributed by atoms with van der Waals surface area (Å²) in [7, 11) is 1.50. The number of amides is 1. The van der Waals surface area contributed by atoms with Crippen LogP contribution in [0.4, 0.5) is 20.3 Å². The van der Waals surface area contributed by atoms with E-state index in [-0.39, 0.29) is 12.3 Å². The molecule has 0 saturated heterocycles. The van der Waals surface area contributed by atoms with Crippen molar-refractivity contribution in [1.29, 1.82) is 0 Å². The van der Waals surface area contributed by atoms with Crippen molar-refractivity contribution in [3.05, 3.63) is 107 Å². The van der Waals surface area contributed by atoms with Crippen molar-refractivity contribution in [2.24, 2.45) is 0 Å². The molecule has 0 N–H and O–H groups in total. The molecule has 1 amide bonds. The van der Waals surface area contributed by atoms with Crippen molar-refractivity contribution in [3.8, 4) is 17.0 Å². The molecule has 1 atom stereocenters. The van der Waals surface area contributed by atoms with E-state index >= 15 is 0 Å². The highest BCUT2D eigenvalue weighted by Gasteiger charge is 2.39. The number of carbonyl (C=O) groups is 1. The van der Waals surface area contributed by atoms with Crippen LogP contribution in [0.25, 0.3) is 11.1 Å². The van der Waals surface area contributed by atoms with Gasteiger partial charge in [0.1, 0.15) is 17.5 Å². The number of aromatic nitrogens is 1. The lowest BCUT2D eigenvalue weighted by Crippen LogP contribution is -2.25. The topological polar surface area (TPSA) is 42.4 Å². The summed E-state index contributed by atoms with van der Waals surface area (Å²) in [5.74, 6) is -1.46. The maximum atomic E-state index is 13.9. The molecule has 0 radical (unpaired) electrons. The number of fused-ring (bicyclic) bond motifs is 1. The molecular weight excluding hydrogens is 458 g/mol. The van der Waals surface area contributed by atoms with Crippen molar-refractivity contribution in [1.82, 2.24) is 4.98 Å². The van der Waals surface area contributed by atoms with E-state index in [9.17, 15) is 13.6 Å². The third-order valence-corrected chi connectivity index (χ3v) is 6.06. The molecule has 34 heavy (non-hydrogen) atoms. The number of rotatable bonds is 5. The predicted molar refractivity (Wildman–Crippen MR) is 128 cm³/mol. The van der Waals surface area contributed by atoms with Crippen LogP contribution in [-0.4, -0.2) is 18.0 Å². The van der Waals surface area contributed by atoms with E-state index < -0.39 is 17.6 Å². The largest absolute Gasteiger partial charge is 0.481 e. The Morgan fingerprint density at radius 1 is 0.941 bits per heavy atom. The highest BCUT2D eigenvalue weighted by Crippen LogP contribution is 2.45. The van der Waals surface area contributed by atoms with Gasteiger partial charge in [0.2, 0.25) is 11.8 Å². The number of benzene rings is 3. The Morgan fingerprint density at radius 3 is 2.41 bits per heavy atom. The molecule has 1 unspecified atom stereocenters. The number of hydrogen-bond donors (Lipinski definition) is 0. The lowest BCUT2D eigenvalue weighted by Gasteiger charge is -2.18. The van der Waals surface area contributed by atoms with Gasteiger partial charge in [-0.15, -0.1) is 0 Å². The van der Waals surface area contributed by atoms with Crippen LogP contribution in [0.3, 0.4) is 0 Å². The molecule has 5 rings (SSSR count). The van der Waals surface area contributed by atoms with Crippen LogP contribution in [-0.2, 0) is 11.2 Å². The number of hydrogen-bond acceptors (Lipinski definition) is 3. The van der Waals surface area contributed by atoms with Crippen molar-refractivity contribution >= 4 is 29.0 Å². The SMILES string of the molecule is COc1cccc(N2C(=O)C(Cc3cc(F)cc(F)c3)c3cc(-c4cccc(Cl)c4)ccc32)n1. The van der Waals surface area contributed by atoms with Crippen molar-refractivity contribution < 1.29 is 18.3 Å². The fraction of sp³-hybridized carbons (Fsp3) is 0.111. The first-order valence-electron chi connectivity index (χ1n) is 10.6. The summed E-state index contributed by atoms with van der Waals surface area (Å²) in [6, 6.07) is 21.6. The lowest BCUT2D eigenvalue weighted by atomic mass is 9.91. The molecule has 0 aliphatic carbocycles. The van der Waals surface area contributed by atoms with Crippen LogP contribution in [0.1, 0.15) is 17.0 Å². The third-order valence-electron chi connectivity index (χ3n) is 5.83. The Hall–Kier alpha value is -3.77. The molecule has 0 fully saturated rings. The number of ether oxygens (including phenoxy) is 1. The Balaban J connectivity index is 1.63. The number of halogens is 3. The molecule has 0 spiro atoms. The lowest BCUT2D eigenvalue weighted by molar-refractivity contribution is -0.118. The van der Waals surface area contributed by atoms with Gasteiger partial charge in [-0.25, -0.2) is 8.78 Å². The molecule has 1 aliphatic heterocycles. The summed E-state index contributed by atoms with van der Waals surface area (Å²) >= 11 is 6.18. The maximum absolute atomic E-state index is 13.9. The van der Waals surface area contributed by atoms with Gasteiger partial charge in [-0.2, -0.15) is 4.98 Å². The van der Waals surface area contributed by atoms with Gasteiger partial charge in [0.05, 0.1) is 18.7 Å². The van der Waals surface area contributed by atoms with E-state index in [2.05, 4.69) is 4.98 Å². The molecule has 2 heterocycles. The van der Waals surface area contributed by atoms with Gasteiger partial charge in [0.25, 0.3) is 0 Å². The van der Waals surface area contributed by atoms with Gasteiger partial charge in [0.15, 0.2) is 0 Å². The van der Waals surface area contributed by atoms with Crippen LogP contribution in [0, 0.1) is 11.6 Å². The van der Waals surface area contributed by atoms with E-state index in [1.54, 1.807) is 24.3 Å². The molecule has 4 aromatic rings. The van der Waals surface area contributed by atoms with Crippen LogP contribution in [0.2, 0.25) is 5.02 Å². The summed E-state index contributed by atoms with van der Waals surface area (Å²) in [4.78, 5) is 19.6. The minimum atomic E-state index is -0.681. The molecule has 3 aromatic carbocycles. The van der Waals surface area contributed by atoms with Crippen LogP contribution in [0.15, 0.2) is 78.9 Å². The van der Waals surface area contributed by atoms with Gasteiger partial charge in [0, 0.05) is 17.2 Å². The maximum Gasteiger partial charge on any atom is 0.240 e. The van der Waals surface area contributed by atoms with Crippen LogP contribution < -0.4 is 9.64 Å². The first-order valence-corrected chi connectivity index (χ1v) is 11.0. The smallest absolute Gasteiger partial charge is 0.240 e. The van der Waals surface area contributed by atoms with Crippen LogP contribution >= 0.6 is 11.6 Å². The molecule has 7 heteroatoms. The van der Waals surface area contributed by atoms with Gasteiger partial charge >= 0.3 is 0 Å². The second-order valence-electron chi connectivity index (χ2n) is 8.03. The number of anilines is 2. The molecule has 170 valence electrons. The average Bonchev–Trinajstić information content (AvgIpc) is 3.09. The first-order chi connectivity index (χ1) is 16.4. The normalized spacial score (nSPS) is 14.9. The number of carbonyl (C=O) groups excluding carboxylic acids is 1. The summed E-state index contributed by atoms with van der Waals surface area (Å²) in [5.41, 5.74) is 3.59. The third kappa shape index (κ3) is 4.13. The van der Waals surface area contributed by atoms with E-state index in [0.717, 1.165) is 22.8 Å².